The first-order valence-electron chi connectivity index (χ1n) is 7.11. The van der Waals surface area contributed by atoms with E-state index in [0.717, 1.165) is 25.3 Å². The number of hydrogen-bond acceptors (Lipinski definition) is 1. The molecule has 96 valence electrons. The van der Waals surface area contributed by atoms with Crippen molar-refractivity contribution >= 4 is 5.69 Å². The molecule has 1 aromatic rings. The van der Waals surface area contributed by atoms with Crippen LogP contribution in [0.4, 0.5) is 5.69 Å². The molecule has 1 heteroatoms. The van der Waals surface area contributed by atoms with E-state index in [1.54, 1.807) is 0 Å². The number of aryl methyl sites for hydroxylation is 2. The summed E-state index contributed by atoms with van der Waals surface area (Å²) in [6.45, 7) is 10.1. The fourth-order valence-electron chi connectivity index (χ4n) is 2.29. The van der Waals surface area contributed by atoms with E-state index < -0.39 is 0 Å². The molecule has 0 aliphatic rings. The summed E-state index contributed by atoms with van der Waals surface area (Å²) in [7, 11) is 0. The van der Waals surface area contributed by atoms with Crippen molar-refractivity contribution in [1.29, 1.82) is 0 Å². The van der Waals surface area contributed by atoms with Gasteiger partial charge in [0.15, 0.2) is 0 Å². The number of anilines is 1. The molecule has 0 saturated carbocycles. The monoisotopic (exact) mass is 233 g/mol. The molecular formula is C16H27N. The zero-order valence-electron chi connectivity index (χ0n) is 11.8. The molecule has 0 bridgehead atoms. The second kappa shape index (κ2) is 7.37. The molecule has 1 N–H and O–H groups in total. The summed E-state index contributed by atoms with van der Waals surface area (Å²) in [5.41, 5.74) is 4.30. The van der Waals surface area contributed by atoms with Gasteiger partial charge in [0.05, 0.1) is 0 Å². The lowest BCUT2D eigenvalue weighted by molar-refractivity contribution is 0.519. The lowest BCUT2D eigenvalue weighted by Gasteiger charge is -2.19. The Balaban J connectivity index is 2.80. The highest BCUT2D eigenvalue weighted by molar-refractivity contribution is 5.57. The number of hydrogen-bond donors (Lipinski definition) is 1. The van der Waals surface area contributed by atoms with Crippen LogP contribution in [0, 0.1) is 5.92 Å². The van der Waals surface area contributed by atoms with E-state index in [1.807, 2.05) is 0 Å². The Morgan fingerprint density at radius 1 is 0.941 bits per heavy atom. The van der Waals surface area contributed by atoms with Crippen LogP contribution in [-0.4, -0.2) is 6.54 Å². The van der Waals surface area contributed by atoms with Gasteiger partial charge in [0.25, 0.3) is 0 Å². The topological polar surface area (TPSA) is 12.0 Å². The highest BCUT2D eigenvalue weighted by Crippen LogP contribution is 2.23. The molecular weight excluding hydrogens is 206 g/mol. The molecule has 0 aromatic heterocycles. The lowest BCUT2D eigenvalue weighted by Crippen LogP contribution is -2.15. The van der Waals surface area contributed by atoms with Crippen LogP contribution in [0.2, 0.25) is 0 Å². The lowest BCUT2D eigenvalue weighted by atomic mass is 10.0. The highest BCUT2D eigenvalue weighted by atomic mass is 14.9. The van der Waals surface area contributed by atoms with Crippen molar-refractivity contribution in [2.75, 3.05) is 11.9 Å². The van der Waals surface area contributed by atoms with Crippen molar-refractivity contribution in [3.05, 3.63) is 29.3 Å². The summed E-state index contributed by atoms with van der Waals surface area (Å²) < 4.78 is 0. The maximum Gasteiger partial charge on any atom is 0.0405 e. The van der Waals surface area contributed by atoms with E-state index in [-0.39, 0.29) is 0 Å². The molecule has 0 aliphatic carbocycles. The Morgan fingerprint density at radius 2 is 1.47 bits per heavy atom. The van der Waals surface area contributed by atoms with Gasteiger partial charge >= 0.3 is 0 Å². The van der Waals surface area contributed by atoms with Gasteiger partial charge in [0.2, 0.25) is 0 Å². The summed E-state index contributed by atoms with van der Waals surface area (Å²) >= 11 is 0. The summed E-state index contributed by atoms with van der Waals surface area (Å²) in [4.78, 5) is 0. The summed E-state index contributed by atoms with van der Waals surface area (Å²) in [5, 5.41) is 3.69. The van der Waals surface area contributed by atoms with Crippen LogP contribution in [0.15, 0.2) is 18.2 Å². The van der Waals surface area contributed by atoms with Gasteiger partial charge in [0, 0.05) is 12.2 Å². The molecule has 0 amide bonds. The minimum absolute atomic E-state index is 0.796. The molecule has 1 nitrogen and oxygen atoms in total. The van der Waals surface area contributed by atoms with Crippen molar-refractivity contribution in [2.24, 2.45) is 5.92 Å². The number of nitrogens with one attached hydrogen (secondary N) is 1. The first-order chi connectivity index (χ1) is 8.26. The predicted molar refractivity (Wildman–Crippen MR) is 77.8 cm³/mol. The Bertz CT molecular complexity index is 304. The average molecular weight is 233 g/mol. The molecule has 0 atom stereocenters. The fraction of sp³-hybridized carbons (Fsp3) is 0.625. The quantitative estimate of drug-likeness (QED) is 0.722. The maximum absolute atomic E-state index is 3.69. The molecule has 17 heavy (non-hydrogen) atoms. The zero-order chi connectivity index (χ0) is 12.7. The third-order valence-corrected chi connectivity index (χ3v) is 3.72. The van der Waals surface area contributed by atoms with Gasteiger partial charge in [-0.05, 0) is 29.9 Å². The Labute approximate surface area is 107 Å². The fourth-order valence-corrected chi connectivity index (χ4v) is 2.29. The van der Waals surface area contributed by atoms with Crippen LogP contribution >= 0.6 is 0 Å². The van der Waals surface area contributed by atoms with E-state index in [4.69, 9.17) is 0 Å². The van der Waals surface area contributed by atoms with Gasteiger partial charge in [-0.25, -0.2) is 0 Å². The molecule has 0 radical (unpaired) electrons. The second-order valence-electron chi connectivity index (χ2n) is 4.72. The normalized spacial score (nSPS) is 10.9. The zero-order valence-corrected chi connectivity index (χ0v) is 11.8. The first-order valence-corrected chi connectivity index (χ1v) is 7.11. The van der Waals surface area contributed by atoms with E-state index in [2.05, 4.69) is 51.2 Å². The predicted octanol–water partition coefficient (Wildman–Crippen LogP) is 4.66. The largest absolute Gasteiger partial charge is 0.384 e. The molecule has 0 aliphatic heterocycles. The van der Waals surface area contributed by atoms with Gasteiger partial charge in [-0.3, -0.25) is 0 Å². The van der Waals surface area contributed by atoms with Gasteiger partial charge in [-0.2, -0.15) is 0 Å². The van der Waals surface area contributed by atoms with Crippen LogP contribution in [0.5, 0.6) is 0 Å². The van der Waals surface area contributed by atoms with Gasteiger partial charge in [-0.15, -0.1) is 0 Å². The number of rotatable bonds is 7. The second-order valence-corrected chi connectivity index (χ2v) is 4.72. The van der Waals surface area contributed by atoms with Crippen molar-refractivity contribution < 1.29 is 0 Å². The average Bonchev–Trinajstić information content (AvgIpc) is 2.39. The molecule has 0 heterocycles. The summed E-state index contributed by atoms with van der Waals surface area (Å²) in [6, 6.07) is 6.67. The van der Waals surface area contributed by atoms with E-state index in [9.17, 15) is 0 Å². The molecule has 1 aromatic carbocycles. The van der Waals surface area contributed by atoms with Crippen molar-refractivity contribution in [2.45, 2.75) is 53.4 Å². The molecule has 0 unspecified atom stereocenters. The third-order valence-electron chi connectivity index (χ3n) is 3.72. The van der Waals surface area contributed by atoms with Crippen LogP contribution in [0.25, 0.3) is 0 Å². The molecule has 0 fully saturated rings. The first kappa shape index (κ1) is 14.1. The summed E-state index contributed by atoms with van der Waals surface area (Å²) in [5.74, 6) is 0.796. The highest BCUT2D eigenvalue weighted by Gasteiger charge is 2.08. The van der Waals surface area contributed by atoms with Crippen LogP contribution in [0.3, 0.4) is 0 Å². The van der Waals surface area contributed by atoms with Crippen LogP contribution in [-0.2, 0) is 12.8 Å². The van der Waals surface area contributed by atoms with E-state index >= 15 is 0 Å². The SMILES string of the molecule is CCc1cccc(CC)c1NCC(CC)CC. The van der Waals surface area contributed by atoms with Gasteiger partial charge in [0.1, 0.15) is 0 Å². The van der Waals surface area contributed by atoms with Crippen LogP contribution < -0.4 is 5.32 Å². The van der Waals surface area contributed by atoms with Crippen molar-refractivity contribution in [1.82, 2.24) is 0 Å². The minimum atomic E-state index is 0.796. The van der Waals surface area contributed by atoms with E-state index in [1.165, 1.54) is 29.7 Å². The van der Waals surface area contributed by atoms with Crippen molar-refractivity contribution in [3.63, 3.8) is 0 Å². The summed E-state index contributed by atoms with van der Waals surface area (Å²) in [6.07, 6.45) is 4.75. The smallest absolute Gasteiger partial charge is 0.0405 e. The van der Waals surface area contributed by atoms with Gasteiger partial charge in [-0.1, -0.05) is 58.7 Å². The van der Waals surface area contributed by atoms with Crippen molar-refractivity contribution in [3.8, 4) is 0 Å². The molecule has 0 saturated heterocycles. The minimum Gasteiger partial charge on any atom is -0.384 e. The maximum atomic E-state index is 3.69. The standard InChI is InChI=1S/C16H27N/c1-5-13(6-2)12-17-16-14(7-3)10-9-11-15(16)8-4/h9-11,13,17H,5-8,12H2,1-4H3. The molecule has 0 spiro atoms. The Kier molecular flexibility index (Phi) is 6.10. The van der Waals surface area contributed by atoms with Gasteiger partial charge < -0.3 is 5.32 Å². The number of benzene rings is 1. The Morgan fingerprint density at radius 3 is 1.88 bits per heavy atom. The third kappa shape index (κ3) is 3.76. The van der Waals surface area contributed by atoms with Crippen LogP contribution in [0.1, 0.15) is 51.7 Å². The Hall–Kier alpha value is -0.980. The number of para-hydroxylation sites is 1. The van der Waals surface area contributed by atoms with E-state index in [0.29, 0.717) is 0 Å². The molecule has 1 rings (SSSR count).